The molecular formula is C24H46N2O7Si. The summed E-state index contributed by atoms with van der Waals surface area (Å²) in [6.45, 7) is 23.6. The first-order valence-electron chi connectivity index (χ1n) is 12.5. The summed E-state index contributed by atoms with van der Waals surface area (Å²) >= 11 is 0. The van der Waals surface area contributed by atoms with Gasteiger partial charge < -0.3 is 33.4 Å². The van der Waals surface area contributed by atoms with E-state index in [0.29, 0.717) is 13.2 Å². The fourth-order valence-corrected chi connectivity index (χ4v) is 5.47. The van der Waals surface area contributed by atoms with E-state index in [4.69, 9.17) is 28.1 Å². The number of hydrogen-bond acceptors (Lipinski definition) is 8. The number of carbonyl (C=O) groups excluding carboxylic acids is 1. The summed E-state index contributed by atoms with van der Waals surface area (Å²) in [6.07, 6.45) is -2.04. The third kappa shape index (κ3) is 6.72. The van der Waals surface area contributed by atoms with Crippen LogP contribution in [-0.2, 0) is 28.1 Å². The molecule has 3 saturated heterocycles. The molecular weight excluding hydrogens is 456 g/mol. The zero-order valence-corrected chi connectivity index (χ0v) is 23.7. The van der Waals surface area contributed by atoms with Crippen molar-refractivity contribution in [2.75, 3.05) is 32.8 Å². The van der Waals surface area contributed by atoms with Crippen LogP contribution in [0.1, 0.15) is 55.4 Å². The van der Waals surface area contributed by atoms with E-state index in [9.17, 15) is 4.79 Å². The minimum Gasteiger partial charge on any atom is -0.444 e. The van der Waals surface area contributed by atoms with Crippen LogP contribution >= 0.6 is 0 Å². The number of amides is 1. The molecule has 1 amide bonds. The SMILES string of the molecule is CC(C)(C)OC(=O)NCC1OC(O[Si](C)(C)C(C)(C)C)C(N2CCOCC2)C2OC(C)(C)OC12. The molecule has 198 valence electrons. The molecule has 3 fully saturated rings. The second-order valence-electron chi connectivity index (χ2n) is 12.5. The van der Waals surface area contributed by atoms with Crippen LogP contribution in [0.15, 0.2) is 0 Å². The van der Waals surface area contributed by atoms with E-state index in [0.717, 1.165) is 13.1 Å². The van der Waals surface area contributed by atoms with E-state index in [1.807, 2.05) is 34.6 Å². The average molecular weight is 503 g/mol. The number of rotatable bonds is 5. The van der Waals surface area contributed by atoms with Gasteiger partial charge in [0.25, 0.3) is 0 Å². The van der Waals surface area contributed by atoms with Crippen molar-refractivity contribution in [3.05, 3.63) is 0 Å². The summed E-state index contributed by atoms with van der Waals surface area (Å²) < 4.78 is 37.3. The monoisotopic (exact) mass is 502 g/mol. The fraction of sp³-hybridized carbons (Fsp3) is 0.958. The Morgan fingerprint density at radius 3 is 2.21 bits per heavy atom. The number of ether oxygens (including phenoxy) is 5. The second kappa shape index (κ2) is 9.95. The highest BCUT2D eigenvalue weighted by Crippen LogP contribution is 2.43. The molecule has 3 rings (SSSR count). The number of alkyl carbamates (subject to hydrolysis) is 1. The molecule has 0 aromatic carbocycles. The standard InChI is InChI=1S/C24H46N2O7Si/c1-22(2,3)32-21(27)25-15-16-18-19(31-24(7,8)30-18)17(26-11-13-28-14-12-26)20(29-16)33-34(9,10)23(4,5)6/h16-20H,11-15H2,1-10H3,(H,25,27). The van der Waals surface area contributed by atoms with Crippen LogP contribution in [0, 0.1) is 0 Å². The lowest BCUT2D eigenvalue weighted by atomic mass is 9.95. The van der Waals surface area contributed by atoms with Crippen molar-refractivity contribution in [3.8, 4) is 0 Å². The maximum absolute atomic E-state index is 12.4. The molecule has 5 unspecified atom stereocenters. The molecule has 1 N–H and O–H groups in total. The van der Waals surface area contributed by atoms with Gasteiger partial charge in [-0.3, -0.25) is 4.90 Å². The first-order valence-corrected chi connectivity index (χ1v) is 15.4. The average Bonchev–Trinajstić information content (AvgIpc) is 2.99. The van der Waals surface area contributed by atoms with Crippen LogP contribution in [0.5, 0.6) is 0 Å². The Labute approximate surface area is 206 Å². The molecule has 0 saturated carbocycles. The summed E-state index contributed by atoms with van der Waals surface area (Å²) in [5, 5.41) is 2.87. The quantitative estimate of drug-likeness (QED) is 0.572. The molecule has 0 aromatic heterocycles. The van der Waals surface area contributed by atoms with Gasteiger partial charge in [0.05, 0.1) is 19.3 Å². The molecule has 5 atom stereocenters. The van der Waals surface area contributed by atoms with E-state index in [-0.39, 0.29) is 29.8 Å². The fourth-order valence-electron chi connectivity index (χ4n) is 4.34. The van der Waals surface area contributed by atoms with Gasteiger partial charge in [0, 0.05) is 19.6 Å². The Kier molecular flexibility index (Phi) is 8.15. The van der Waals surface area contributed by atoms with Crippen molar-refractivity contribution in [1.82, 2.24) is 10.2 Å². The number of nitrogens with one attached hydrogen (secondary N) is 1. The third-order valence-electron chi connectivity index (χ3n) is 6.99. The minimum absolute atomic E-state index is 0.0132. The van der Waals surface area contributed by atoms with Gasteiger partial charge in [-0.15, -0.1) is 0 Å². The van der Waals surface area contributed by atoms with Crippen molar-refractivity contribution in [3.63, 3.8) is 0 Å². The van der Waals surface area contributed by atoms with Gasteiger partial charge in [-0.25, -0.2) is 4.79 Å². The molecule has 0 radical (unpaired) electrons. The largest absolute Gasteiger partial charge is 0.444 e. The predicted molar refractivity (Wildman–Crippen MR) is 131 cm³/mol. The van der Waals surface area contributed by atoms with Gasteiger partial charge in [-0.05, 0) is 52.8 Å². The Hall–Kier alpha value is -0.753. The number of morpholine rings is 1. The van der Waals surface area contributed by atoms with Crippen LogP contribution in [0.4, 0.5) is 4.79 Å². The van der Waals surface area contributed by atoms with Gasteiger partial charge in [0.1, 0.15) is 23.9 Å². The lowest BCUT2D eigenvalue weighted by Crippen LogP contribution is -2.67. The van der Waals surface area contributed by atoms with Crippen LogP contribution in [0.3, 0.4) is 0 Å². The molecule has 0 spiro atoms. The molecule has 0 aromatic rings. The van der Waals surface area contributed by atoms with E-state index in [2.05, 4.69) is 44.1 Å². The summed E-state index contributed by atoms with van der Waals surface area (Å²) in [5.74, 6) is -0.765. The molecule has 0 bridgehead atoms. The predicted octanol–water partition coefficient (Wildman–Crippen LogP) is 3.48. The van der Waals surface area contributed by atoms with Gasteiger partial charge in [0.2, 0.25) is 0 Å². The molecule has 34 heavy (non-hydrogen) atoms. The van der Waals surface area contributed by atoms with Crippen LogP contribution in [0.2, 0.25) is 18.1 Å². The Morgan fingerprint density at radius 1 is 1.06 bits per heavy atom. The van der Waals surface area contributed by atoms with Gasteiger partial charge in [0.15, 0.2) is 20.4 Å². The van der Waals surface area contributed by atoms with Gasteiger partial charge >= 0.3 is 6.09 Å². The van der Waals surface area contributed by atoms with Crippen molar-refractivity contribution in [2.24, 2.45) is 0 Å². The molecule has 10 heteroatoms. The highest BCUT2D eigenvalue weighted by Gasteiger charge is 2.58. The van der Waals surface area contributed by atoms with Gasteiger partial charge in [-0.1, -0.05) is 20.8 Å². The molecule has 3 aliphatic rings. The third-order valence-corrected chi connectivity index (χ3v) is 11.4. The van der Waals surface area contributed by atoms with Crippen molar-refractivity contribution >= 4 is 14.4 Å². The Balaban J connectivity index is 1.87. The minimum atomic E-state index is -2.17. The number of carbonyl (C=O) groups is 1. The van der Waals surface area contributed by atoms with Crippen LogP contribution in [0.25, 0.3) is 0 Å². The number of hydrogen-bond donors (Lipinski definition) is 1. The van der Waals surface area contributed by atoms with E-state index in [1.165, 1.54) is 0 Å². The summed E-state index contributed by atoms with van der Waals surface area (Å²) in [4.78, 5) is 14.7. The summed E-state index contributed by atoms with van der Waals surface area (Å²) in [6, 6.07) is -0.137. The maximum Gasteiger partial charge on any atom is 0.407 e. The normalized spacial score (nSPS) is 32.8. The molecule has 0 aliphatic carbocycles. The first kappa shape index (κ1) is 27.8. The topological polar surface area (TPSA) is 87.7 Å². The number of fused-ring (bicyclic) bond motifs is 1. The zero-order chi connectivity index (χ0) is 25.5. The van der Waals surface area contributed by atoms with Crippen molar-refractivity contribution < 1.29 is 32.9 Å². The van der Waals surface area contributed by atoms with E-state index >= 15 is 0 Å². The summed E-state index contributed by atoms with van der Waals surface area (Å²) in [7, 11) is -2.17. The lowest BCUT2D eigenvalue weighted by Gasteiger charge is -2.50. The molecule has 3 heterocycles. The van der Waals surface area contributed by atoms with E-state index < -0.39 is 38.2 Å². The Bertz CT molecular complexity index is 713. The lowest BCUT2D eigenvalue weighted by molar-refractivity contribution is -0.239. The molecule has 3 aliphatic heterocycles. The molecule has 9 nitrogen and oxygen atoms in total. The number of nitrogens with zero attached hydrogens (tertiary/aromatic N) is 1. The Morgan fingerprint density at radius 2 is 1.65 bits per heavy atom. The maximum atomic E-state index is 12.4. The second-order valence-corrected chi connectivity index (χ2v) is 17.3. The first-order chi connectivity index (χ1) is 15.5. The van der Waals surface area contributed by atoms with Crippen molar-refractivity contribution in [2.45, 2.75) is 116 Å². The smallest absolute Gasteiger partial charge is 0.407 e. The van der Waals surface area contributed by atoms with Crippen LogP contribution < -0.4 is 5.32 Å². The highest BCUT2D eigenvalue weighted by atomic mass is 28.4. The van der Waals surface area contributed by atoms with E-state index in [1.54, 1.807) is 0 Å². The van der Waals surface area contributed by atoms with Gasteiger partial charge in [-0.2, -0.15) is 0 Å². The summed E-state index contributed by atoms with van der Waals surface area (Å²) in [5.41, 5.74) is -0.579. The van der Waals surface area contributed by atoms with Crippen LogP contribution in [-0.4, -0.2) is 94.2 Å². The zero-order valence-electron chi connectivity index (χ0n) is 22.7. The van der Waals surface area contributed by atoms with Crippen molar-refractivity contribution in [1.29, 1.82) is 0 Å². The highest BCUT2D eigenvalue weighted by molar-refractivity contribution is 6.74.